The minimum absolute atomic E-state index is 0.0425. The first-order valence-corrected chi connectivity index (χ1v) is 13.9. The molecule has 0 unspecified atom stereocenters. The number of hydrogen-bond acceptors (Lipinski definition) is 3. The molecule has 1 spiro atoms. The fourth-order valence-corrected chi connectivity index (χ4v) is 7.11. The molecule has 0 N–H and O–H groups in total. The summed E-state index contributed by atoms with van der Waals surface area (Å²) in [4.78, 5) is 15.2. The third kappa shape index (κ3) is 4.50. The van der Waals surface area contributed by atoms with E-state index in [4.69, 9.17) is 0 Å². The molecule has 1 amide bonds. The molecule has 1 aliphatic heterocycles. The molecule has 170 valence electrons. The summed E-state index contributed by atoms with van der Waals surface area (Å²) in [6, 6.07) is 13.8. The van der Waals surface area contributed by atoms with Gasteiger partial charge in [0.15, 0.2) is 9.84 Å². The lowest BCUT2D eigenvalue weighted by molar-refractivity contribution is -0.120. The number of anilines is 1. The van der Waals surface area contributed by atoms with Crippen LogP contribution < -0.4 is 4.90 Å². The van der Waals surface area contributed by atoms with Gasteiger partial charge in [0.25, 0.3) is 0 Å². The van der Waals surface area contributed by atoms with Crippen LogP contribution in [0.1, 0.15) is 73.6 Å². The number of carbonyl (C=O) groups is 1. The van der Waals surface area contributed by atoms with Crippen molar-refractivity contribution in [2.75, 3.05) is 11.4 Å². The Morgan fingerprint density at radius 1 is 0.938 bits per heavy atom. The van der Waals surface area contributed by atoms with E-state index in [0.29, 0.717) is 12.3 Å². The summed E-state index contributed by atoms with van der Waals surface area (Å²) in [7, 11) is -3.28. The summed E-state index contributed by atoms with van der Waals surface area (Å²) in [5.74, 6) is 0.982. The lowest BCUT2D eigenvalue weighted by atomic mass is 9.65. The maximum absolute atomic E-state index is 13.2. The average molecular weight is 452 g/mol. The maximum Gasteiger partial charge on any atom is 0.227 e. The van der Waals surface area contributed by atoms with Crippen LogP contribution >= 0.6 is 0 Å². The Kier molecular flexibility index (Phi) is 5.65. The van der Waals surface area contributed by atoms with E-state index in [1.54, 1.807) is 0 Å². The van der Waals surface area contributed by atoms with Crippen molar-refractivity contribution in [3.63, 3.8) is 0 Å². The summed E-state index contributed by atoms with van der Waals surface area (Å²) in [6.45, 7) is 2.82. The van der Waals surface area contributed by atoms with Gasteiger partial charge in [0.1, 0.15) is 0 Å². The number of aryl methyl sites for hydroxylation is 1. The largest absolute Gasteiger partial charge is 0.312 e. The van der Waals surface area contributed by atoms with Gasteiger partial charge in [-0.1, -0.05) is 61.2 Å². The summed E-state index contributed by atoms with van der Waals surface area (Å²) in [5.41, 5.74) is 4.96. The number of carbonyl (C=O) groups excluding carboxylic acids is 1. The van der Waals surface area contributed by atoms with Gasteiger partial charge >= 0.3 is 0 Å². The molecule has 2 aromatic carbocycles. The quantitative estimate of drug-likeness (QED) is 0.586. The van der Waals surface area contributed by atoms with Gasteiger partial charge in [-0.05, 0) is 61.3 Å². The Morgan fingerprint density at radius 3 is 2.28 bits per heavy atom. The monoisotopic (exact) mass is 451 g/mol. The number of amides is 1. The molecule has 4 nitrogen and oxygen atoms in total. The predicted octanol–water partition coefficient (Wildman–Crippen LogP) is 5.46. The molecule has 0 aromatic heterocycles. The molecule has 2 saturated carbocycles. The first-order valence-electron chi connectivity index (χ1n) is 12.0. The molecule has 0 saturated heterocycles. The molecule has 0 radical (unpaired) electrons. The Morgan fingerprint density at radius 2 is 1.59 bits per heavy atom. The highest BCUT2D eigenvalue weighted by Gasteiger charge is 2.44. The van der Waals surface area contributed by atoms with Gasteiger partial charge in [-0.25, -0.2) is 8.42 Å². The topological polar surface area (TPSA) is 54.5 Å². The number of fused-ring (bicyclic) bond motifs is 2. The maximum atomic E-state index is 13.2. The standard InChI is InChI=1S/C27H33NO3S/c1-20-5-7-22(8-6-20)18-32(30,31)19-23-11-12-25-24(15-23)27(13-3-2-4-14-27)16-26(29)28(25)17-21-9-10-21/h5-8,11-12,15,21H,2-4,9-10,13-14,16-19H2,1H3. The fraction of sp³-hybridized carbons (Fsp3) is 0.519. The second kappa shape index (κ2) is 8.33. The van der Waals surface area contributed by atoms with Crippen molar-refractivity contribution >= 4 is 21.4 Å². The smallest absolute Gasteiger partial charge is 0.227 e. The van der Waals surface area contributed by atoms with E-state index in [2.05, 4.69) is 6.07 Å². The Balaban J connectivity index is 1.45. The van der Waals surface area contributed by atoms with Gasteiger partial charge in [-0.3, -0.25) is 4.79 Å². The van der Waals surface area contributed by atoms with Gasteiger partial charge in [-0.2, -0.15) is 0 Å². The molecule has 3 aliphatic rings. The molecule has 0 atom stereocenters. The lowest BCUT2D eigenvalue weighted by Gasteiger charge is -2.45. The summed E-state index contributed by atoms with van der Waals surface area (Å²) < 4.78 is 26.0. The van der Waals surface area contributed by atoms with Gasteiger partial charge in [-0.15, -0.1) is 0 Å². The zero-order valence-corrected chi connectivity index (χ0v) is 19.8. The van der Waals surface area contributed by atoms with Gasteiger partial charge < -0.3 is 4.90 Å². The average Bonchev–Trinajstić information content (AvgIpc) is 3.57. The summed E-state index contributed by atoms with van der Waals surface area (Å²) in [5, 5.41) is 0. The van der Waals surface area contributed by atoms with E-state index in [1.807, 2.05) is 48.2 Å². The van der Waals surface area contributed by atoms with Crippen LogP contribution in [0.3, 0.4) is 0 Å². The zero-order chi connectivity index (χ0) is 22.3. The highest BCUT2D eigenvalue weighted by molar-refractivity contribution is 7.89. The van der Waals surface area contributed by atoms with Crippen molar-refractivity contribution in [1.82, 2.24) is 0 Å². The number of hydrogen-bond donors (Lipinski definition) is 0. The number of benzene rings is 2. The van der Waals surface area contributed by atoms with Crippen LogP contribution in [0.5, 0.6) is 0 Å². The predicted molar refractivity (Wildman–Crippen MR) is 128 cm³/mol. The van der Waals surface area contributed by atoms with Crippen LogP contribution in [0.15, 0.2) is 42.5 Å². The van der Waals surface area contributed by atoms with Crippen molar-refractivity contribution in [3.05, 3.63) is 64.7 Å². The van der Waals surface area contributed by atoms with Crippen LogP contribution in [-0.2, 0) is 31.6 Å². The molecule has 1 heterocycles. The number of nitrogens with zero attached hydrogens (tertiary/aromatic N) is 1. The van der Waals surface area contributed by atoms with Gasteiger partial charge in [0, 0.05) is 24.1 Å². The first-order chi connectivity index (χ1) is 15.3. The molecule has 32 heavy (non-hydrogen) atoms. The van der Waals surface area contributed by atoms with Crippen molar-refractivity contribution in [3.8, 4) is 0 Å². The summed E-state index contributed by atoms with van der Waals surface area (Å²) in [6.07, 6.45) is 8.56. The Bertz CT molecular complexity index is 1110. The van der Waals surface area contributed by atoms with Crippen molar-refractivity contribution in [2.45, 2.75) is 75.2 Å². The minimum atomic E-state index is -3.28. The fourth-order valence-electron chi connectivity index (χ4n) is 5.62. The number of rotatable bonds is 6. The van der Waals surface area contributed by atoms with Crippen molar-refractivity contribution in [1.29, 1.82) is 0 Å². The molecule has 0 bridgehead atoms. The highest BCUT2D eigenvalue weighted by atomic mass is 32.2. The first kappa shape index (κ1) is 21.7. The SMILES string of the molecule is Cc1ccc(CS(=O)(=O)Cc2ccc3c(c2)C2(CCCCC2)CC(=O)N3CC2CC2)cc1. The van der Waals surface area contributed by atoms with Crippen LogP contribution in [0, 0.1) is 12.8 Å². The molecule has 2 aromatic rings. The van der Waals surface area contributed by atoms with Crippen LogP contribution in [0.4, 0.5) is 5.69 Å². The van der Waals surface area contributed by atoms with E-state index >= 15 is 0 Å². The molecular formula is C27H33NO3S. The van der Waals surface area contributed by atoms with Crippen LogP contribution in [0.2, 0.25) is 0 Å². The van der Waals surface area contributed by atoms with E-state index in [-0.39, 0.29) is 22.8 Å². The minimum Gasteiger partial charge on any atom is -0.312 e. The highest BCUT2D eigenvalue weighted by Crippen LogP contribution is 2.50. The van der Waals surface area contributed by atoms with Crippen LogP contribution in [0.25, 0.3) is 0 Å². The zero-order valence-electron chi connectivity index (χ0n) is 19.0. The van der Waals surface area contributed by atoms with Gasteiger partial charge in [0.05, 0.1) is 11.5 Å². The lowest BCUT2D eigenvalue weighted by Crippen LogP contribution is -2.46. The second-order valence-electron chi connectivity index (χ2n) is 10.3. The molecule has 2 aliphatic carbocycles. The molecule has 5 rings (SSSR count). The Hall–Kier alpha value is -2.14. The Labute approximate surface area is 191 Å². The summed E-state index contributed by atoms with van der Waals surface area (Å²) >= 11 is 0. The molecule has 5 heteroatoms. The van der Waals surface area contributed by atoms with Gasteiger partial charge in [0.2, 0.25) is 5.91 Å². The van der Waals surface area contributed by atoms with Crippen molar-refractivity contribution < 1.29 is 13.2 Å². The second-order valence-corrected chi connectivity index (χ2v) is 12.4. The van der Waals surface area contributed by atoms with Crippen molar-refractivity contribution in [2.24, 2.45) is 5.92 Å². The third-order valence-corrected chi connectivity index (χ3v) is 9.10. The van der Waals surface area contributed by atoms with E-state index in [9.17, 15) is 13.2 Å². The third-order valence-electron chi connectivity index (χ3n) is 7.56. The van der Waals surface area contributed by atoms with Crippen LogP contribution in [-0.4, -0.2) is 20.9 Å². The van der Waals surface area contributed by atoms with E-state index in [0.717, 1.165) is 54.6 Å². The molecule has 2 fully saturated rings. The van der Waals surface area contributed by atoms with E-state index < -0.39 is 9.84 Å². The molecular weight excluding hydrogens is 418 g/mol. The normalized spacial score (nSPS) is 20.4. The van der Waals surface area contributed by atoms with E-state index in [1.165, 1.54) is 24.8 Å². The number of sulfone groups is 1.